The van der Waals surface area contributed by atoms with Crippen LogP contribution in [-0.2, 0) is 6.54 Å². The quantitative estimate of drug-likeness (QED) is 0.805. The molecule has 0 aromatic heterocycles. The summed E-state index contributed by atoms with van der Waals surface area (Å²) in [5.41, 5.74) is 0.906. The van der Waals surface area contributed by atoms with Gasteiger partial charge in [-0.25, -0.2) is 4.39 Å². The van der Waals surface area contributed by atoms with Crippen molar-refractivity contribution in [1.29, 1.82) is 0 Å². The van der Waals surface area contributed by atoms with Crippen LogP contribution in [0.3, 0.4) is 0 Å². The first-order valence-electron chi connectivity index (χ1n) is 7.12. The van der Waals surface area contributed by atoms with E-state index in [0.29, 0.717) is 11.6 Å². The molecule has 1 aromatic rings. The second-order valence-electron chi connectivity index (χ2n) is 5.21. The zero-order valence-corrected chi connectivity index (χ0v) is 12.1. The average molecular weight is 285 g/mol. The first-order chi connectivity index (χ1) is 9.24. The van der Waals surface area contributed by atoms with Crippen LogP contribution in [0.4, 0.5) is 4.39 Å². The summed E-state index contributed by atoms with van der Waals surface area (Å²) in [7, 11) is 0. The number of rotatable bonds is 6. The SMILES string of the molecule is Fc1cc(Cl)cc(CNCCCN2CCCCC2)c1. The summed E-state index contributed by atoms with van der Waals surface area (Å²) >= 11 is 5.82. The first-order valence-corrected chi connectivity index (χ1v) is 7.50. The lowest BCUT2D eigenvalue weighted by molar-refractivity contribution is 0.225. The Hall–Kier alpha value is -0.640. The molecule has 2 rings (SSSR count). The Morgan fingerprint density at radius 1 is 1.16 bits per heavy atom. The monoisotopic (exact) mass is 284 g/mol. The van der Waals surface area contributed by atoms with Crippen molar-refractivity contribution in [3.63, 3.8) is 0 Å². The number of benzene rings is 1. The van der Waals surface area contributed by atoms with Gasteiger partial charge in [0.2, 0.25) is 0 Å². The van der Waals surface area contributed by atoms with Crippen LogP contribution in [-0.4, -0.2) is 31.1 Å². The molecule has 0 aliphatic carbocycles. The van der Waals surface area contributed by atoms with Crippen LogP contribution in [0.25, 0.3) is 0 Å². The standard InChI is InChI=1S/C15H22ClFN2/c16-14-9-13(10-15(17)11-14)12-18-5-4-8-19-6-2-1-3-7-19/h9-11,18H,1-8,12H2. The van der Waals surface area contributed by atoms with Gasteiger partial charge in [0.25, 0.3) is 0 Å². The Bertz CT molecular complexity index is 371. The molecule has 0 radical (unpaired) electrons. The van der Waals surface area contributed by atoms with E-state index in [1.54, 1.807) is 0 Å². The molecular formula is C15H22ClFN2. The average Bonchev–Trinajstić information content (AvgIpc) is 2.38. The van der Waals surface area contributed by atoms with E-state index in [1.807, 2.05) is 6.07 Å². The molecule has 0 bridgehead atoms. The van der Waals surface area contributed by atoms with Crippen LogP contribution in [0.1, 0.15) is 31.2 Å². The molecule has 106 valence electrons. The summed E-state index contributed by atoms with van der Waals surface area (Å²) < 4.78 is 13.1. The molecule has 4 heteroatoms. The Labute approximate surface area is 119 Å². The summed E-state index contributed by atoms with van der Waals surface area (Å²) in [5.74, 6) is -0.266. The fraction of sp³-hybridized carbons (Fsp3) is 0.600. The summed E-state index contributed by atoms with van der Waals surface area (Å²) in [6.45, 7) is 5.30. The topological polar surface area (TPSA) is 15.3 Å². The first kappa shape index (κ1) is 14.8. The molecule has 1 fully saturated rings. The van der Waals surface area contributed by atoms with Gasteiger partial charge < -0.3 is 10.2 Å². The van der Waals surface area contributed by atoms with Crippen LogP contribution in [0, 0.1) is 5.82 Å². The highest BCUT2D eigenvalue weighted by molar-refractivity contribution is 6.30. The van der Waals surface area contributed by atoms with E-state index in [1.165, 1.54) is 44.5 Å². The van der Waals surface area contributed by atoms with Gasteiger partial charge in [-0.1, -0.05) is 18.0 Å². The highest BCUT2D eigenvalue weighted by Crippen LogP contribution is 2.14. The predicted molar refractivity (Wildman–Crippen MR) is 78.0 cm³/mol. The van der Waals surface area contributed by atoms with E-state index in [9.17, 15) is 4.39 Å². The third-order valence-corrected chi connectivity index (χ3v) is 3.75. The minimum atomic E-state index is -0.266. The van der Waals surface area contributed by atoms with E-state index >= 15 is 0 Å². The van der Waals surface area contributed by atoms with Crippen molar-refractivity contribution in [2.45, 2.75) is 32.2 Å². The van der Waals surface area contributed by atoms with Crippen molar-refractivity contribution in [2.24, 2.45) is 0 Å². The molecule has 1 aliphatic heterocycles. The minimum absolute atomic E-state index is 0.266. The van der Waals surface area contributed by atoms with Gasteiger partial charge in [-0.3, -0.25) is 0 Å². The van der Waals surface area contributed by atoms with Crippen molar-refractivity contribution in [1.82, 2.24) is 10.2 Å². The van der Waals surface area contributed by atoms with E-state index in [2.05, 4.69) is 10.2 Å². The Balaban J connectivity index is 1.60. The maximum atomic E-state index is 13.1. The number of hydrogen-bond acceptors (Lipinski definition) is 2. The molecule has 0 amide bonds. The maximum absolute atomic E-state index is 13.1. The van der Waals surface area contributed by atoms with Gasteiger partial charge in [0.1, 0.15) is 5.82 Å². The van der Waals surface area contributed by atoms with Crippen LogP contribution >= 0.6 is 11.6 Å². The van der Waals surface area contributed by atoms with Gasteiger partial charge in [-0.05, 0) is 69.2 Å². The number of nitrogens with one attached hydrogen (secondary N) is 1. The summed E-state index contributed by atoms with van der Waals surface area (Å²) in [6, 6.07) is 4.67. The fourth-order valence-electron chi connectivity index (χ4n) is 2.56. The minimum Gasteiger partial charge on any atom is -0.313 e. The number of hydrogen-bond donors (Lipinski definition) is 1. The van der Waals surface area contributed by atoms with Crippen molar-refractivity contribution in [3.8, 4) is 0 Å². The number of halogens is 2. The molecule has 0 unspecified atom stereocenters. The molecule has 1 saturated heterocycles. The number of nitrogens with zero attached hydrogens (tertiary/aromatic N) is 1. The molecule has 0 spiro atoms. The second-order valence-corrected chi connectivity index (χ2v) is 5.65. The molecule has 0 atom stereocenters. The van der Waals surface area contributed by atoms with E-state index in [4.69, 9.17) is 11.6 Å². The maximum Gasteiger partial charge on any atom is 0.125 e. The fourth-order valence-corrected chi connectivity index (χ4v) is 2.80. The molecule has 19 heavy (non-hydrogen) atoms. The third-order valence-electron chi connectivity index (χ3n) is 3.53. The van der Waals surface area contributed by atoms with Crippen molar-refractivity contribution in [3.05, 3.63) is 34.6 Å². The molecule has 2 nitrogen and oxygen atoms in total. The summed E-state index contributed by atoms with van der Waals surface area (Å²) in [4.78, 5) is 2.53. The van der Waals surface area contributed by atoms with Crippen molar-refractivity contribution in [2.75, 3.05) is 26.2 Å². The highest BCUT2D eigenvalue weighted by atomic mass is 35.5. The molecule has 1 N–H and O–H groups in total. The van der Waals surface area contributed by atoms with E-state index in [0.717, 1.165) is 25.1 Å². The van der Waals surface area contributed by atoms with Gasteiger partial charge in [-0.2, -0.15) is 0 Å². The van der Waals surface area contributed by atoms with Crippen LogP contribution in [0.5, 0.6) is 0 Å². The molecule has 1 heterocycles. The summed E-state index contributed by atoms with van der Waals surface area (Å²) in [6.07, 6.45) is 5.21. The Morgan fingerprint density at radius 2 is 1.95 bits per heavy atom. The van der Waals surface area contributed by atoms with Crippen LogP contribution in [0.2, 0.25) is 5.02 Å². The Kier molecular flexibility index (Phi) is 6.08. The predicted octanol–water partition coefficient (Wildman–Crippen LogP) is 3.44. The Morgan fingerprint density at radius 3 is 2.68 bits per heavy atom. The number of likely N-dealkylation sites (tertiary alicyclic amines) is 1. The highest BCUT2D eigenvalue weighted by Gasteiger charge is 2.08. The lowest BCUT2D eigenvalue weighted by Crippen LogP contribution is -2.32. The van der Waals surface area contributed by atoms with E-state index < -0.39 is 0 Å². The molecular weight excluding hydrogens is 263 g/mol. The lowest BCUT2D eigenvalue weighted by atomic mass is 10.1. The van der Waals surface area contributed by atoms with Crippen LogP contribution < -0.4 is 5.32 Å². The van der Waals surface area contributed by atoms with Crippen molar-refractivity contribution >= 4 is 11.6 Å². The smallest absolute Gasteiger partial charge is 0.125 e. The van der Waals surface area contributed by atoms with Gasteiger partial charge in [0.05, 0.1) is 0 Å². The van der Waals surface area contributed by atoms with Crippen molar-refractivity contribution < 1.29 is 4.39 Å². The zero-order valence-electron chi connectivity index (χ0n) is 11.3. The molecule has 1 aliphatic rings. The number of piperidine rings is 1. The van der Waals surface area contributed by atoms with E-state index in [-0.39, 0.29) is 5.82 Å². The second kappa shape index (κ2) is 7.83. The largest absolute Gasteiger partial charge is 0.313 e. The third kappa shape index (κ3) is 5.47. The molecule has 1 aromatic carbocycles. The zero-order chi connectivity index (χ0) is 13.5. The lowest BCUT2D eigenvalue weighted by Gasteiger charge is -2.26. The van der Waals surface area contributed by atoms with Gasteiger partial charge in [0.15, 0.2) is 0 Å². The molecule has 0 saturated carbocycles. The van der Waals surface area contributed by atoms with Gasteiger partial charge in [0, 0.05) is 11.6 Å². The van der Waals surface area contributed by atoms with Crippen LogP contribution in [0.15, 0.2) is 18.2 Å². The van der Waals surface area contributed by atoms with Gasteiger partial charge in [-0.15, -0.1) is 0 Å². The van der Waals surface area contributed by atoms with Gasteiger partial charge >= 0.3 is 0 Å². The normalized spacial score (nSPS) is 16.7. The summed E-state index contributed by atoms with van der Waals surface area (Å²) in [5, 5.41) is 3.81.